The Kier molecular flexibility index (Phi) is 8.35. The van der Waals surface area contributed by atoms with Gasteiger partial charge < -0.3 is 10.2 Å². The molecule has 0 aliphatic carbocycles. The first-order chi connectivity index (χ1) is 12.5. The van der Waals surface area contributed by atoms with Gasteiger partial charge in [-0.2, -0.15) is 5.10 Å². The van der Waals surface area contributed by atoms with Crippen molar-refractivity contribution in [3.63, 3.8) is 0 Å². The SMILES string of the molecule is CCNC(=NCCCN(C(C)C)C(C)C)N1CCC(c2ncn[nH]2)CC1. The van der Waals surface area contributed by atoms with Crippen LogP contribution in [0.1, 0.15) is 65.6 Å². The third kappa shape index (κ3) is 5.97. The van der Waals surface area contributed by atoms with Gasteiger partial charge in [-0.3, -0.25) is 15.0 Å². The molecule has 1 aromatic heterocycles. The fraction of sp³-hybridized carbons (Fsp3) is 0.842. The smallest absolute Gasteiger partial charge is 0.193 e. The molecule has 2 rings (SSSR count). The van der Waals surface area contributed by atoms with Crippen molar-refractivity contribution in [2.45, 2.75) is 71.9 Å². The number of likely N-dealkylation sites (tertiary alicyclic amines) is 1. The van der Waals surface area contributed by atoms with Crippen LogP contribution in [-0.4, -0.2) is 75.7 Å². The monoisotopic (exact) mass is 363 g/mol. The van der Waals surface area contributed by atoms with Gasteiger partial charge in [-0.25, -0.2) is 4.98 Å². The molecule has 0 bridgehead atoms. The maximum atomic E-state index is 4.88. The maximum Gasteiger partial charge on any atom is 0.193 e. The van der Waals surface area contributed by atoms with Crippen molar-refractivity contribution in [2.24, 2.45) is 4.99 Å². The number of nitrogens with zero attached hydrogens (tertiary/aromatic N) is 5. The Labute approximate surface area is 158 Å². The van der Waals surface area contributed by atoms with Crippen molar-refractivity contribution >= 4 is 5.96 Å². The second-order valence-electron chi connectivity index (χ2n) is 7.65. The molecule has 0 spiro atoms. The highest BCUT2D eigenvalue weighted by molar-refractivity contribution is 5.80. The Morgan fingerprint density at radius 2 is 2.00 bits per heavy atom. The van der Waals surface area contributed by atoms with Crippen LogP contribution in [0.15, 0.2) is 11.3 Å². The third-order valence-corrected chi connectivity index (χ3v) is 5.11. The van der Waals surface area contributed by atoms with Gasteiger partial charge in [0.05, 0.1) is 0 Å². The topological polar surface area (TPSA) is 72.4 Å². The molecule has 0 radical (unpaired) electrons. The van der Waals surface area contributed by atoms with Gasteiger partial charge in [0, 0.05) is 50.7 Å². The molecule has 0 atom stereocenters. The standard InChI is InChI=1S/C19H37N7/c1-6-20-19(21-10-7-11-26(15(2)3)16(4)5)25-12-8-17(9-13-25)18-22-14-23-24-18/h14-17H,6-13H2,1-5H3,(H,20,21)(H,22,23,24). The lowest BCUT2D eigenvalue weighted by atomic mass is 9.96. The first kappa shape index (κ1) is 20.7. The average molecular weight is 364 g/mol. The number of guanidine groups is 1. The fourth-order valence-corrected chi connectivity index (χ4v) is 3.75. The van der Waals surface area contributed by atoms with E-state index in [2.05, 4.69) is 64.9 Å². The van der Waals surface area contributed by atoms with Crippen molar-refractivity contribution in [1.82, 2.24) is 30.3 Å². The number of aliphatic imine (C=N–C) groups is 1. The first-order valence-electron chi connectivity index (χ1n) is 10.2. The van der Waals surface area contributed by atoms with Crippen molar-refractivity contribution in [3.05, 3.63) is 12.2 Å². The van der Waals surface area contributed by atoms with Crippen LogP contribution in [0, 0.1) is 0 Å². The zero-order valence-electron chi connectivity index (χ0n) is 17.2. The summed E-state index contributed by atoms with van der Waals surface area (Å²) in [7, 11) is 0. The number of H-pyrrole nitrogens is 1. The van der Waals surface area contributed by atoms with E-state index in [4.69, 9.17) is 4.99 Å². The van der Waals surface area contributed by atoms with Crippen LogP contribution >= 0.6 is 0 Å². The van der Waals surface area contributed by atoms with Gasteiger partial charge in [0.15, 0.2) is 5.96 Å². The Hall–Kier alpha value is -1.63. The number of nitrogens with one attached hydrogen (secondary N) is 2. The van der Waals surface area contributed by atoms with E-state index in [1.807, 2.05) is 0 Å². The zero-order valence-corrected chi connectivity index (χ0v) is 17.2. The van der Waals surface area contributed by atoms with Gasteiger partial charge in [0.2, 0.25) is 0 Å². The highest BCUT2D eigenvalue weighted by atomic mass is 15.3. The number of hydrogen-bond acceptors (Lipinski definition) is 4. The Morgan fingerprint density at radius 1 is 1.31 bits per heavy atom. The van der Waals surface area contributed by atoms with E-state index in [-0.39, 0.29) is 0 Å². The van der Waals surface area contributed by atoms with Crippen molar-refractivity contribution in [2.75, 3.05) is 32.7 Å². The van der Waals surface area contributed by atoms with Crippen LogP contribution in [0.5, 0.6) is 0 Å². The minimum Gasteiger partial charge on any atom is -0.357 e. The van der Waals surface area contributed by atoms with Gasteiger partial charge in [-0.1, -0.05) is 0 Å². The fourth-order valence-electron chi connectivity index (χ4n) is 3.75. The van der Waals surface area contributed by atoms with E-state index in [0.29, 0.717) is 18.0 Å². The van der Waals surface area contributed by atoms with Crippen LogP contribution in [0.2, 0.25) is 0 Å². The molecule has 1 fully saturated rings. The van der Waals surface area contributed by atoms with Crippen LogP contribution < -0.4 is 5.32 Å². The van der Waals surface area contributed by atoms with E-state index in [1.54, 1.807) is 6.33 Å². The third-order valence-electron chi connectivity index (χ3n) is 5.11. The lowest BCUT2D eigenvalue weighted by molar-refractivity contribution is 0.174. The summed E-state index contributed by atoms with van der Waals surface area (Å²) in [4.78, 5) is 14.1. The molecule has 1 saturated heterocycles. The summed E-state index contributed by atoms with van der Waals surface area (Å²) >= 11 is 0. The molecule has 2 N–H and O–H groups in total. The van der Waals surface area contributed by atoms with E-state index >= 15 is 0 Å². The predicted octanol–water partition coefficient (Wildman–Crippen LogP) is 2.46. The average Bonchev–Trinajstić information content (AvgIpc) is 3.14. The highest BCUT2D eigenvalue weighted by Crippen LogP contribution is 2.24. The largest absolute Gasteiger partial charge is 0.357 e. The van der Waals surface area contributed by atoms with Crippen molar-refractivity contribution in [1.29, 1.82) is 0 Å². The molecular weight excluding hydrogens is 326 g/mol. The molecule has 0 unspecified atom stereocenters. The van der Waals surface area contributed by atoms with Gasteiger partial charge in [0.1, 0.15) is 12.2 Å². The lowest BCUT2D eigenvalue weighted by Gasteiger charge is -2.33. The minimum absolute atomic E-state index is 0.488. The number of hydrogen-bond donors (Lipinski definition) is 2. The van der Waals surface area contributed by atoms with Crippen LogP contribution in [0.4, 0.5) is 0 Å². The first-order valence-corrected chi connectivity index (χ1v) is 10.2. The summed E-state index contributed by atoms with van der Waals surface area (Å²) in [5.74, 6) is 2.57. The van der Waals surface area contributed by atoms with Crippen molar-refractivity contribution in [3.8, 4) is 0 Å². The van der Waals surface area contributed by atoms with Gasteiger partial charge in [-0.15, -0.1) is 0 Å². The van der Waals surface area contributed by atoms with E-state index in [9.17, 15) is 0 Å². The number of aromatic amines is 1. The van der Waals surface area contributed by atoms with E-state index in [1.165, 1.54) is 0 Å². The molecule has 1 aliphatic heterocycles. The summed E-state index contributed by atoms with van der Waals surface area (Å²) in [6.07, 6.45) is 4.88. The predicted molar refractivity (Wildman–Crippen MR) is 108 cm³/mol. The molecule has 7 heteroatoms. The summed E-state index contributed by atoms with van der Waals surface area (Å²) in [6, 6.07) is 1.17. The maximum absolute atomic E-state index is 4.88. The molecule has 1 aromatic rings. The van der Waals surface area contributed by atoms with Crippen molar-refractivity contribution < 1.29 is 0 Å². The van der Waals surface area contributed by atoms with Crippen LogP contribution in [0.3, 0.4) is 0 Å². The van der Waals surface area contributed by atoms with Crippen LogP contribution in [0.25, 0.3) is 0 Å². The van der Waals surface area contributed by atoms with E-state index < -0.39 is 0 Å². The molecule has 0 aromatic carbocycles. The Morgan fingerprint density at radius 3 is 2.54 bits per heavy atom. The second-order valence-corrected chi connectivity index (χ2v) is 7.65. The van der Waals surface area contributed by atoms with Gasteiger partial charge in [0.25, 0.3) is 0 Å². The molecule has 2 heterocycles. The summed E-state index contributed by atoms with van der Waals surface area (Å²) < 4.78 is 0. The molecule has 0 amide bonds. The molecule has 0 saturated carbocycles. The summed E-state index contributed by atoms with van der Waals surface area (Å²) in [5.41, 5.74) is 0. The van der Waals surface area contributed by atoms with Gasteiger partial charge in [-0.05, 0) is 53.9 Å². The summed E-state index contributed by atoms with van der Waals surface area (Å²) in [6.45, 7) is 16.1. The number of piperidine rings is 1. The second kappa shape index (κ2) is 10.5. The number of aromatic nitrogens is 3. The molecule has 26 heavy (non-hydrogen) atoms. The Bertz CT molecular complexity index is 508. The molecule has 1 aliphatic rings. The molecular formula is C19H37N7. The Balaban J connectivity index is 1.83. The van der Waals surface area contributed by atoms with Gasteiger partial charge >= 0.3 is 0 Å². The molecule has 148 valence electrons. The summed E-state index contributed by atoms with van der Waals surface area (Å²) in [5, 5.41) is 10.5. The quantitative estimate of drug-likeness (QED) is 0.422. The normalized spacial score (nSPS) is 16.9. The lowest BCUT2D eigenvalue weighted by Crippen LogP contribution is -2.45. The highest BCUT2D eigenvalue weighted by Gasteiger charge is 2.24. The molecule has 7 nitrogen and oxygen atoms in total. The van der Waals surface area contributed by atoms with Crippen LogP contribution in [-0.2, 0) is 0 Å². The zero-order chi connectivity index (χ0) is 18.9. The minimum atomic E-state index is 0.488. The van der Waals surface area contributed by atoms with E-state index in [0.717, 1.165) is 63.8 Å². The number of rotatable bonds is 8.